The summed E-state index contributed by atoms with van der Waals surface area (Å²) in [6, 6.07) is 9.37. The summed E-state index contributed by atoms with van der Waals surface area (Å²) >= 11 is 5.84. The van der Waals surface area contributed by atoms with Gasteiger partial charge in [-0.15, -0.1) is 0 Å². The number of rotatable bonds is 3. The van der Waals surface area contributed by atoms with E-state index in [1.807, 2.05) is 30.3 Å². The van der Waals surface area contributed by atoms with Crippen molar-refractivity contribution >= 4 is 11.6 Å². The van der Waals surface area contributed by atoms with Crippen molar-refractivity contribution in [1.29, 1.82) is 0 Å². The summed E-state index contributed by atoms with van der Waals surface area (Å²) in [5.41, 5.74) is 8.27. The average molecular weight is 236 g/mol. The number of aryl methyl sites for hydroxylation is 1. The van der Waals surface area contributed by atoms with Crippen LogP contribution in [0.3, 0.4) is 0 Å². The Morgan fingerprint density at radius 1 is 1.25 bits per heavy atom. The van der Waals surface area contributed by atoms with E-state index in [0.717, 1.165) is 28.3 Å². The van der Waals surface area contributed by atoms with Crippen LogP contribution in [0.5, 0.6) is 0 Å². The smallest absolute Gasteiger partial charge is 0.108 e. The van der Waals surface area contributed by atoms with Crippen LogP contribution < -0.4 is 5.73 Å². The lowest BCUT2D eigenvalue weighted by atomic mass is 9.99. The Morgan fingerprint density at radius 2 is 1.94 bits per heavy atom. The molecule has 2 rings (SSSR count). The van der Waals surface area contributed by atoms with Gasteiger partial charge in [-0.2, -0.15) is 0 Å². The SMILES string of the molecule is CCc1occc1C(N)c1ccc(Cl)cc1. The van der Waals surface area contributed by atoms with Crippen molar-refractivity contribution in [3.05, 3.63) is 58.5 Å². The average Bonchev–Trinajstić information content (AvgIpc) is 2.77. The first kappa shape index (κ1) is 11.2. The van der Waals surface area contributed by atoms with Crippen molar-refractivity contribution in [2.45, 2.75) is 19.4 Å². The van der Waals surface area contributed by atoms with Crippen molar-refractivity contribution in [2.75, 3.05) is 0 Å². The van der Waals surface area contributed by atoms with Crippen molar-refractivity contribution in [3.63, 3.8) is 0 Å². The third-order valence-corrected chi connectivity index (χ3v) is 2.92. The molecule has 0 aliphatic rings. The van der Waals surface area contributed by atoms with Crippen LogP contribution in [0, 0.1) is 0 Å². The van der Waals surface area contributed by atoms with Crippen LogP contribution >= 0.6 is 11.6 Å². The van der Waals surface area contributed by atoms with Gasteiger partial charge in [0.2, 0.25) is 0 Å². The number of halogens is 1. The summed E-state index contributed by atoms with van der Waals surface area (Å²) in [7, 11) is 0. The van der Waals surface area contributed by atoms with Crippen LogP contribution in [0.25, 0.3) is 0 Å². The highest BCUT2D eigenvalue weighted by Gasteiger charge is 2.14. The molecule has 1 heterocycles. The molecule has 0 fully saturated rings. The third-order valence-electron chi connectivity index (χ3n) is 2.67. The van der Waals surface area contributed by atoms with Gasteiger partial charge in [-0.25, -0.2) is 0 Å². The number of hydrogen-bond acceptors (Lipinski definition) is 2. The van der Waals surface area contributed by atoms with Gasteiger partial charge in [0.05, 0.1) is 12.3 Å². The number of hydrogen-bond donors (Lipinski definition) is 1. The Kier molecular flexibility index (Phi) is 3.32. The first-order chi connectivity index (χ1) is 7.72. The number of furan rings is 1. The summed E-state index contributed by atoms with van der Waals surface area (Å²) in [6.45, 7) is 2.05. The molecule has 1 aromatic carbocycles. The fourth-order valence-electron chi connectivity index (χ4n) is 1.76. The molecule has 2 N–H and O–H groups in total. The predicted octanol–water partition coefficient (Wildman–Crippen LogP) is 3.54. The Labute approximate surface area is 100 Å². The van der Waals surface area contributed by atoms with E-state index in [0.29, 0.717) is 0 Å². The highest BCUT2D eigenvalue weighted by Crippen LogP contribution is 2.25. The second-order valence-electron chi connectivity index (χ2n) is 3.68. The molecule has 16 heavy (non-hydrogen) atoms. The largest absolute Gasteiger partial charge is 0.469 e. The van der Waals surface area contributed by atoms with Crippen molar-refractivity contribution < 1.29 is 4.42 Å². The van der Waals surface area contributed by atoms with E-state index in [2.05, 4.69) is 6.92 Å². The molecule has 0 saturated heterocycles. The fourth-order valence-corrected chi connectivity index (χ4v) is 1.89. The van der Waals surface area contributed by atoms with E-state index >= 15 is 0 Å². The molecule has 0 aliphatic carbocycles. The standard InChI is InChI=1S/C13H14ClNO/c1-2-12-11(7-8-16-12)13(15)9-3-5-10(14)6-4-9/h3-8,13H,2,15H2,1H3. The van der Waals surface area contributed by atoms with Gasteiger partial charge in [0.1, 0.15) is 5.76 Å². The molecule has 1 unspecified atom stereocenters. The van der Waals surface area contributed by atoms with Crippen molar-refractivity contribution in [2.24, 2.45) is 5.73 Å². The molecule has 2 aromatic rings. The normalized spacial score (nSPS) is 12.7. The lowest BCUT2D eigenvalue weighted by Crippen LogP contribution is -2.12. The monoisotopic (exact) mass is 235 g/mol. The first-order valence-corrected chi connectivity index (χ1v) is 5.67. The van der Waals surface area contributed by atoms with Gasteiger partial charge in [0.25, 0.3) is 0 Å². The Bertz CT molecular complexity index is 461. The van der Waals surface area contributed by atoms with Crippen LogP contribution in [0.15, 0.2) is 41.0 Å². The van der Waals surface area contributed by atoms with E-state index in [9.17, 15) is 0 Å². The van der Waals surface area contributed by atoms with Gasteiger partial charge in [-0.05, 0) is 23.8 Å². The van der Waals surface area contributed by atoms with E-state index in [1.54, 1.807) is 6.26 Å². The molecule has 0 saturated carbocycles. The Hall–Kier alpha value is -1.25. The quantitative estimate of drug-likeness (QED) is 0.884. The van der Waals surface area contributed by atoms with Crippen LogP contribution in [-0.4, -0.2) is 0 Å². The van der Waals surface area contributed by atoms with Gasteiger partial charge in [-0.3, -0.25) is 0 Å². The van der Waals surface area contributed by atoms with E-state index in [4.69, 9.17) is 21.8 Å². The van der Waals surface area contributed by atoms with E-state index < -0.39 is 0 Å². The Balaban J connectivity index is 2.31. The minimum absolute atomic E-state index is 0.147. The molecule has 0 aliphatic heterocycles. The van der Waals surface area contributed by atoms with Gasteiger partial charge < -0.3 is 10.2 Å². The molecule has 1 aromatic heterocycles. The summed E-state index contributed by atoms with van der Waals surface area (Å²) in [4.78, 5) is 0. The summed E-state index contributed by atoms with van der Waals surface area (Å²) < 4.78 is 5.37. The van der Waals surface area contributed by atoms with Crippen LogP contribution in [0.1, 0.15) is 29.9 Å². The molecular formula is C13H14ClNO. The molecule has 0 radical (unpaired) electrons. The molecule has 0 amide bonds. The van der Waals surface area contributed by atoms with Crippen LogP contribution in [0.4, 0.5) is 0 Å². The Morgan fingerprint density at radius 3 is 2.56 bits per heavy atom. The van der Waals surface area contributed by atoms with Gasteiger partial charge in [-0.1, -0.05) is 30.7 Å². The lowest BCUT2D eigenvalue weighted by molar-refractivity contribution is 0.509. The summed E-state index contributed by atoms with van der Waals surface area (Å²) in [5.74, 6) is 0.947. The van der Waals surface area contributed by atoms with Gasteiger partial charge >= 0.3 is 0 Å². The van der Waals surface area contributed by atoms with E-state index in [-0.39, 0.29) is 6.04 Å². The summed E-state index contributed by atoms with van der Waals surface area (Å²) in [5, 5.41) is 0.721. The summed E-state index contributed by atoms with van der Waals surface area (Å²) in [6.07, 6.45) is 2.54. The second-order valence-corrected chi connectivity index (χ2v) is 4.12. The molecule has 2 nitrogen and oxygen atoms in total. The van der Waals surface area contributed by atoms with Gasteiger partial charge in [0.15, 0.2) is 0 Å². The third kappa shape index (κ3) is 2.13. The maximum atomic E-state index is 6.18. The highest BCUT2D eigenvalue weighted by molar-refractivity contribution is 6.30. The minimum Gasteiger partial charge on any atom is -0.469 e. The van der Waals surface area contributed by atoms with Crippen molar-refractivity contribution in [3.8, 4) is 0 Å². The molecule has 0 bridgehead atoms. The maximum Gasteiger partial charge on any atom is 0.108 e. The molecule has 0 spiro atoms. The molecule has 3 heteroatoms. The molecule has 84 valence electrons. The predicted molar refractivity (Wildman–Crippen MR) is 65.6 cm³/mol. The zero-order valence-corrected chi connectivity index (χ0v) is 9.87. The topological polar surface area (TPSA) is 39.2 Å². The molecular weight excluding hydrogens is 222 g/mol. The van der Waals surface area contributed by atoms with Crippen LogP contribution in [0.2, 0.25) is 5.02 Å². The van der Waals surface area contributed by atoms with Crippen molar-refractivity contribution in [1.82, 2.24) is 0 Å². The van der Waals surface area contributed by atoms with E-state index in [1.165, 1.54) is 0 Å². The zero-order chi connectivity index (χ0) is 11.5. The zero-order valence-electron chi connectivity index (χ0n) is 9.11. The highest BCUT2D eigenvalue weighted by atomic mass is 35.5. The number of benzene rings is 1. The molecule has 1 atom stereocenters. The van der Waals surface area contributed by atoms with Gasteiger partial charge in [0, 0.05) is 17.0 Å². The number of nitrogens with two attached hydrogens (primary N) is 1. The first-order valence-electron chi connectivity index (χ1n) is 5.29. The second kappa shape index (κ2) is 4.73. The fraction of sp³-hybridized carbons (Fsp3) is 0.231. The lowest BCUT2D eigenvalue weighted by Gasteiger charge is -2.11. The maximum absolute atomic E-state index is 6.18. The minimum atomic E-state index is -0.147. The van der Waals surface area contributed by atoms with Crippen LogP contribution in [-0.2, 0) is 6.42 Å².